The number of rotatable bonds is 3. The molecule has 1 aromatic heterocycles. The highest BCUT2D eigenvalue weighted by Gasteiger charge is 2.33. The highest BCUT2D eigenvalue weighted by atomic mass is 16.5. The van der Waals surface area contributed by atoms with Gasteiger partial charge in [0.15, 0.2) is 0 Å². The van der Waals surface area contributed by atoms with Crippen LogP contribution in [-0.4, -0.2) is 35.4 Å². The van der Waals surface area contributed by atoms with E-state index in [2.05, 4.69) is 36.3 Å². The Bertz CT molecular complexity index is 835. The Morgan fingerprint density at radius 1 is 1.23 bits per heavy atom. The van der Waals surface area contributed by atoms with Gasteiger partial charge in [-0.1, -0.05) is 18.2 Å². The number of aromatic nitrogens is 1. The van der Waals surface area contributed by atoms with Crippen molar-refractivity contribution < 1.29 is 14.3 Å². The molecule has 1 unspecified atom stereocenters. The van der Waals surface area contributed by atoms with Gasteiger partial charge in [0, 0.05) is 12.7 Å². The molecule has 0 aliphatic carbocycles. The number of pyridine rings is 1. The van der Waals surface area contributed by atoms with E-state index in [0.29, 0.717) is 12.2 Å². The van der Waals surface area contributed by atoms with Gasteiger partial charge >= 0.3 is 11.8 Å². The second-order valence-electron chi connectivity index (χ2n) is 6.51. The summed E-state index contributed by atoms with van der Waals surface area (Å²) in [7, 11) is 1.47. The molecule has 1 atom stereocenters. The van der Waals surface area contributed by atoms with E-state index in [0.717, 1.165) is 18.4 Å². The minimum absolute atomic E-state index is 0.0663. The number of methoxy groups -OCH3 is 1. The fourth-order valence-corrected chi connectivity index (χ4v) is 3.28. The van der Waals surface area contributed by atoms with Crippen LogP contribution in [0.15, 0.2) is 36.5 Å². The van der Waals surface area contributed by atoms with Crippen LogP contribution in [0.1, 0.15) is 35.6 Å². The summed E-state index contributed by atoms with van der Waals surface area (Å²) in [6.45, 7) is 4.70. The molecule has 2 heterocycles. The Balaban J connectivity index is 1.77. The van der Waals surface area contributed by atoms with Gasteiger partial charge in [-0.3, -0.25) is 9.59 Å². The lowest BCUT2D eigenvalue weighted by molar-refractivity contribution is -0.143. The van der Waals surface area contributed by atoms with E-state index >= 15 is 0 Å². The maximum Gasteiger partial charge on any atom is 0.314 e. The normalized spacial score (nSPS) is 16.4. The van der Waals surface area contributed by atoms with Gasteiger partial charge < -0.3 is 15.0 Å². The van der Waals surface area contributed by atoms with Crippen molar-refractivity contribution in [1.29, 1.82) is 0 Å². The molecule has 2 amide bonds. The maximum atomic E-state index is 12.7. The summed E-state index contributed by atoms with van der Waals surface area (Å²) in [6, 6.07) is 9.47. The number of ether oxygens (including phenoxy) is 1. The molecular weight excluding hydrogens is 330 g/mol. The van der Waals surface area contributed by atoms with Crippen LogP contribution in [0.4, 0.5) is 5.69 Å². The number of carbonyl (C=O) groups excluding carboxylic acids is 2. The molecule has 0 spiro atoms. The van der Waals surface area contributed by atoms with Crippen LogP contribution < -0.4 is 10.1 Å². The molecule has 1 saturated heterocycles. The summed E-state index contributed by atoms with van der Waals surface area (Å²) in [4.78, 5) is 30.9. The zero-order chi connectivity index (χ0) is 18.7. The Kier molecular flexibility index (Phi) is 5.21. The molecule has 1 aromatic carbocycles. The SMILES string of the molecule is COc1ncccc1NC(=O)C(=O)N1CCCC1c1ccc(C)c(C)c1. The van der Waals surface area contributed by atoms with Gasteiger partial charge in [0.2, 0.25) is 5.88 Å². The lowest BCUT2D eigenvalue weighted by Crippen LogP contribution is -2.39. The first-order valence-electron chi connectivity index (χ1n) is 8.69. The number of aryl methyl sites for hydroxylation is 2. The van der Waals surface area contributed by atoms with Crippen molar-refractivity contribution in [2.75, 3.05) is 19.0 Å². The summed E-state index contributed by atoms with van der Waals surface area (Å²) in [6.07, 6.45) is 3.30. The first-order valence-corrected chi connectivity index (χ1v) is 8.69. The molecule has 3 rings (SSSR count). The quantitative estimate of drug-likeness (QED) is 0.861. The fourth-order valence-electron chi connectivity index (χ4n) is 3.28. The lowest BCUT2D eigenvalue weighted by atomic mass is 9.99. The molecule has 1 N–H and O–H groups in total. The second kappa shape index (κ2) is 7.56. The number of nitrogens with zero attached hydrogens (tertiary/aromatic N) is 2. The smallest absolute Gasteiger partial charge is 0.314 e. The molecule has 2 aromatic rings. The van der Waals surface area contributed by atoms with E-state index in [1.807, 2.05) is 6.07 Å². The molecule has 0 saturated carbocycles. The third kappa shape index (κ3) is 3.54. The second-order valence-corrected chi connectivity index (χ2v) is 6.51. The van der Waals surface area contributed by atoms with Crippen molar-refractivity contribution in [2.45, 2.75) is 32.7 Å². The Labute approximate surface area is 153 Å². The van der Waals surface area contributed by atoms with Gasteiger partial charge in [-0.25, -0.2) is 4.98 Å². The number of nitrogens with one attached hydrogen (secondary N) is 1. The van der Waals surface area contributed by atoms with Crippen LogP contribution in [-0.2, 0) is 9.59 Å². The Hall–Kier alpha value is -2.89. The van der Waals surface area contributed by atoms with Crippen molar-refractivity contribution >= 4 is 17.5 Å². The van der Waals surface area contributed by atoms with Gasteiger partial charge in [-0.2, -0.15) is 0 Å². The summed E-state index contributed by atoms with van der Waals surface area (Å²) in [5, 5.41) is 2.61. The summed E-state index contributed by atoms with van der Waals surface area (Å²) < 4.78 is 5.12. The largest absolute Gasteiger partial charge is 0.480 e. The fraction of sp³-hybridized carbons (Fsp3) is 0.350. The predicted molar refractivity (Wildman–Crippen MR) is 99.0 cm³/mol. The van der Waals surface area contributed by atoms with Gasteiger partial charge in [-0.05, 0) is 55.5 Å². The van der Waals surface area contributed by atoms with Crippen molar-refractivity contribution in [3.63, 3.8) is 0 Å². The van der Waals surface area contributed by atoms with Gasteiger partial charge in [0.25, 0.3) is 0 Å². The van der Waals surface area contributed by atoms with E-state index in [1.54, 1.807) is 23.2 Å². The minimum atomic E-state index is -0.674. The molecule has 1 fully saturated rings. The molecule has 6 nitrogen and oxygen atoms in total. The number of anilines is 1. The summed E-state index contributed by atoms with van der Waals surface area (Å²) in [5.74, 6) is -0.926. The summed E-state index contributed by atoms with van der Waals surface area (Å²) in [5.41, 5.74) is 3.86. The van der Waals surface area contributed by atoms with Crippen molar-refractivity contribution in [3.05, 3.63) is 53.2 Å². The number of amides is 2. The molecule has 0 bridgehead atoms. The maximum absolute atomic E-state index is 12.7. The molecule has 6 heteroatoms. The van der Waals surface area contributed by atoms with Crippen molar-refractivity contribution in [3.8, 4) is 5.88 Å². The first kappa shape index (κ1) is 17.9. The number of hydrogen-bond acceptors (Lipinski definition) is 4. The predicted octanol–water partition coefficient (Wildman–Crippen LogP) is 3.01. The highest BCUT2D eigenvalue weighted by Crippen LogP contribution is 2.33. The van der Waals surface area contributed by atoms with Crippen LogP contribution in [0.25, 0.3) is 0 Å². The standard InChI is InChI=1S/C20H23N3O3/c1-13-8-9-15(12-14(13)2)17-7-5-11-23(17)20(25)18(24)22-16-6-4-10-21-19(16)26-3/h4,6,8-10,12,17H,5,7,11H2,1-3H3,(H,22,24). The topological polar surface area (TPSA) is 71.5 Å². The Morgan fingerprint density at radius 2 is 2.04 bits per heavy atom. The Morgan fingerprint density at radius 3 is 2.77 bits per heavy atom. The molecule has 26 heavy (non-hydrogen) atoms. The first-order chi connectivity index (χ1) is 12.5. The zero-order valence-electron chi connectivity index (χ0n) is 15.3. The zero-order valence-corrected chi connectivity index (χ0v) is 15.3. The lowest BCUT2D eigenvalue weighted by Gasteiger charge is -2.25. The van der Waals surface area contributed by atoms with E-state index in [1.165, 1.54) is 18.2 Å². The third-order valence-corrected chi connectivity index (χ3v) is 4.84. The van der Waals surface area contributed by atoms with Crippen LogP contribution in [0.5, 0.6) is 5.88 Å². The van der Waals surface area contributed by atoms with E-state index < -0.39 is 11.8 Å². The van der Waals surface area contributed by atoms with E-state index in [-0.39, 0.29) is 11.9 Å². The molecule has 136 valence electrons. The molecular formula is C20H23N3O3. The minimum Gasteiger partial charge on any atom is -0.480 e. The van der Waals surface area contributed by atoms with E-state index in [4.69, 9.17) is 4.74 Å². The average molecular weight is 353 g/mol. The van der Waals surface area contributed by atoms with Crippen molar-refractivity contribution in [1.82, 2.24) is 9.88 Å². The number of hydrogen-bond donors (Lipinski definition) is 1. The van der Waals surface area contributed by atoms with Crippen molar-refractivity contribution in [2.24, 2.45) is 0 Å². The highest BCUT2D eigenvalue weighted by molar-refractivity contribution is 6.39. The molecule has 1 aliphatic heterocycles. The van der Waals surface area contributed by atoms with Crippen LogP contribution >= 0.6 is 0 Å². The van der Waals surface area contributed by atoms with E-state index in [9.17, 15) is 9.59 Å². The van der Waals surface area contributed by atoms with Gasteiger partial charge in [-0.15, -0.1) is 0 Å². The monoisotopic (exact) mass is 353 g/mol. The average Bonchev–Trinajstić information content (AvgIpc) is 3.13. The van der Waals surface area contributed by atoms with Gasteiger partial charge in [0.1, 0.15) is 5.69 Å². The van der Waals surface area contributed by atoms with Crippen LogP contribution in [0.2, 0.25) is 0 Å². The molecule has 1 aliphatic rings. The number of carbonyl (C=O) groups is 2. The number of likely N-dealkylation sites (tertiary alicyclic amines) is 1. The summed E-state index contributed by atoms with van der Waals surface area (Å²) >= 11 is 0. The van der Waals surface area contributed by atoms with Crippen LogP contribution in [0, 0.1) is 13.8 Å². The molecule has 0 radical (unpaired) electrons. The third-order valence-electron chi connectivity index (χ3n) is 4.84. The van der Waals surface area contributed by atoms with Crippen LogP contribution in [0.3, 0.4) is 0 Å². The van der Waals surface area contributed by atoms with Gasteiger partial charge in [0.05, 0.1) is 13.2 Å². The number of benzene rings is 1.